The van der Waals surface area contributed by atoms with Gasteiger partial charge in [0.05, 0.1) is 24.6 Å². The second-order valence-electron chi connectivity index (χ2n) is 8.26. The molecule has 31 heavy (non-hydrogen) atoms. The SMILES string of the molecule is C[C@H](CO)N1C[C@H](C)[C@@H](CN(C)C)Oc2ccc(NC(=O)CCC(F)(F)F)cc2C1=O. The number of amides is 2. The van der Waals surface area contributed by atoms with Gasteiger partial charge in [-0.1, -0.05) is 6.92 Å². The highest BCUT2D eigenvalue weighted by Gasteiger charge is 2.33. The molecule has 1 heterocycles. The molecule has 0 spiro atoms. The number of likely N-dealkylation sites (N-methyl/N-ethyl adjacent to an activating group) is 1. The lowest BCUT2D eigenvalue weighted by Crippen LogP contribution is -2.49. The van der Waals surface area contributed by atoms with Gasteiger partial charge in [-0.05, 0) is 39.2 Å². The van der Waals surface area contributed by atoms with Crippen LogP contribution in [0.25, 0.3) is 0 Å². The van der Waals surface area contributed by atoms with Gasteiger partial charge in [0, 0.05) is 31.1 Å². The molecule has 0 saturated heterocycles. The molecule has 2 amide bonds. The number of carbonyl (C=O) groups is 2. The molecule has 2 rings (SSSR count). The van der Waals surface area contributed by atoms with E-state index in [-0.39, 0.29) is 35.8 Å². The topological polar surface area (TPSA) is 82.1 Å². The van der Waals surface area contributed by atoms with E-state index in [4.69, 9.17) is 4.74 Å². The van der Waals surface area contributed by atoms with Crippen molar-refractivity contribution in [3.05, 3.63) is 23.8 Å². The third-order valence-electron chi connectivity index (χ3n) is 5.13. The number of hydrogen-bond donors (Lipinski definition) is 2. The van der Waals surface area contributed by atoms with E-state index >= 15 is 0 Å². The zero-order valence-electron chi connectivity index (χ0n) is 18.2. The summed E-state index contributed by atoms with van der Waals surface area (Å²) in [5.41, 5.74) is 0.391. The van der Waals surface area contributed by atoms with Crippen LogP contribution in [0, 0.1) is 5.92 Å². The number of carbonyl (C=O) groups excluding carboxylic acids is 2. The smallest absolute Gasteiger partial charge is 0.389 e. The molecular formula is C21H30F3N3O4. The van der Waals surface area contributed by atoms with Crippen molar-refractivity contribution in [3.63, 3.8) is 0 Å². The van der Waals surface area contributed by atoms with Gasteiger partial charge in [-0.2, -0.15) is 13.2 Å². The highest BCUT2D eigenvalue weighted by atomic mass is 19.4. The van der Waals surface area contributed by atoms with Crippen LogP contribution in [0.5, 0.6) is 5.75 Å². The fraction of sp³-hybridized carbons (Fsp3) is 0.619. The summed E-state index contributed by atoms with van der Waals surface area (Å²) in [6, 6.07) is 4.00. The van der Waals surface area contributed by atoms with Crippen LogP contribution in [0.15, 0.2) is 18.2 Å². The van der Waals surface area contributed by atoms with E-state index in [1.165, 1.54) is 18.2 Å². The second-order valence-corrected chi connectivity index (χ2v) is 8.26. The summed E-state index contributed by atoms with van der Waals surface area (Å²) < 4.78 is 43.2. The first-order valence-electron chi connectivity index (χ1n) is 10.1. The minimum absolute atomic E-state index is 0.0183. The van der Waals surface area contributed by atoms with Gasteiger partial charge in [-0.3, -0.25) is 9.59 Å². The van der Waals surface area contributed by atoms with Gasteiger partial charge >= 0.3 is 6.18 Å². The number of aliphatic hydroxyl groups excluding tert-OH is 1. The molecule has 0 unspecified atom stereocenters. The fourth-order valence-corrected chi connectivity index (χ4v) is 3.36. The van der Waals surface area contributed by atoms with Crippen molar-refractivity contribution in [2.45, 2.75) is 45.0 Å². The Bertz CT molecular complexity index is 786. The molecule has 0 radical (unpaired) electrons. The molecule has 174 valence electrons. The number of fused-ring (bicyclic) bond motifs is 1. The van der Waals surface area contributed by atoms with Gasteiger partial charge in [0.2, 0.25) is 5.91 Å². The maximum absolute atomic E-state index is 13.2. The van der Waals surface area contributed by atoms with Crippen LogP contribution in [0.1, 0.15) is 37.0 Å². The molecule has 1 aromatic rings. The summed E-state index contributed by atoms with van der Waals surface area (Å²) in [4.78, 5) is 28.6. The Labute approximate surface area is 180 Å². The third-order valence-corrected chi connectivity index (χ3v) is 5.13. The Morgan fingerprint density at radius 3 is 2.65 bits per heavy atom. The van der Waals surface area contributed by atoms with E-state index in [9.17, 15) is 27.9 Å². The lowest BCUT2D eigenvalue weighted by atomic mass is 9.99. The van der Waals surface area contributed by atoms with Crippen LogP contribution in [0.2, 0.25) is 0 Å². The molecule has 0 bridgehead atoms. The van der Waals surface area contributed by atoms with E-state index in [0.717, 1.165) is 0 Å². The van der Waals surface area contributed by atoms with Crippen LogP contribution >= 0.6 is 0 Å². The number of nitrogens with one attached hydrogen (secondary N) is 1. The predicted molar refractivity (Wildman–Crippen MR) is 110 cm³/mol. The highest BCUT2D eigenvalue weighted by Crippen LogP contribution is 2.31. The van der Waals surface area contributed by atoms with Crippen LogP contribution in [0.4, 0.5) is 18.9 Å². The van der Waals surface area contributed by atoms with Crippen molar-refractivity contribution in [1.82, 2.24) is 9.80 Å². The van der Waals surface area contributed by atoms with Crippen LogP contribution in [-0.2, 0) is 4.79 Å². The van der Waals surface area contributed by atoms with Crippen LogP contribution in [-0.4, -0.2) is 78.8 Å². The third kappa shape index (κ3) is 7.10. The summed E-state index contributed by atoms with van der Waals surface area (Å²) in [5.74, 6) is -0.864. The average Bonchev–Trinajstić information content (AvgIpc) is 2.68. The molecular weight excluding hydrogens is 415 g/mol. The molecule has 0 saturated carbocycles. The Morgan fingerprint density at radius 2 is 2.06 bits per heavy atom. The number of anilines is 1. The Kier molecular flexibility index (Phi) is 8.30. The van der Waals surface area contributed by atoms with E-state index < -0.39 is 31.0 Å². The normalized spacial score (nSPS) is 20.5. The number of rotatable bonds is 7. The number of ether oxygens (including phenoxy) is 1. The van der Waals surface area contributed by atoms with Crippen molar-refractivity contribution < 1.29 is 32.6 Å². The lowest BCUT2D eigenvalue weighted by Gasteiger charge is -2.37. The first-order chi connectivity index (χ1) is 14.4. The monoisotopic (exact) mass is 445 g/mol. The van der Waals surface area contributed by atoms with Crippen molar-refractivity contribution in [1.29, 1.82) is 0 Å². The van der Waals surface area contributed by atoms with Crippen LogP contribution < -0.4 is 10.1 Å². The minimum atomic E-state index is -4.42. The summed E-state index contributed by atoms with van der Waals surface area (Å²) >= 11 is 0. The number of hydrogen-bond acceptors (Lipinski definition) is 5. The van der Waals surface area contributed by atoms with Crippen LogP contribution in [0.3, 0.4) is 0 Å². The molecule has 3 atom stereocenters. The zero-order chi connectivity index (χ0) is 23.3. The van der Waals surface area contributed by atoms with E-state index in [2.05, 4.69) is 5.32 Å². The van der Waals surface area contributed by atoms with Gasteiger partial charge < -0.3 is 25.0 Å². The number of halogens is 3. The number of nitrogens with zero attached hydrogens (tertiary/aromatic N) is 2. The fourth-order valence-electron chi connectivity index (χ4n) is 3.36. The standard InChI is InChI=1S/C21H30F3N3O4/c1-13-10-27(14(2)12-28)20(30)16-9-15(25-19(29)7-8-21(22,23)24)5-6-17(16)31-18(13)11-26(3)4/h5-6,9,13-14,18,28H,7-8,10-12H2,1-4H3,(H,25,29)/t13-,14+,18+/m0/s1. The van der Waals surface area contributed by atoms with Gasteiger partial charge in [0.1, 0.15) is 11.9 Å². The summed E-state index contributed by atoms with van der Waals surface area (Å²) in [6.07, 6.45) is -6.59. The maximum atomic E-state index is 13.2. The number of benzene rings is 1. The van der Waals surface area contributed by atoms with E-state index in [0.29, 0.717) is 18.8 Å². The van der Waals surface area contributed by atoms with Crippen molar-refractivity contribution >= 4 is 17.5 Å². The molecule has 7 nitrogen and oxygen atoms in total. The van der Waals surface area contributed by atoms with E-state index in [1.807, 2.05) is 25.9 Å². The van der Waals surface area contributed by atoms with Gasteiger partial charge in [0.15, 0.2) is 0 Å². The molecule has 1 aliphatic rings. The lowest BCUT2D eigenvalue weighted by molar-refractivity contribution is -0.142. The largest absolute Gasteiger partial charge is 0.488 e. The second kappa shape index (κ2) is 10.3. The number of aliphatic hydroxyl groups is 1. The summed E-state index contributed by atoms with van der Waals surface area (Å²) in [7, 11) is 3.82. The van der Waals surface area contributed by atoms with Crippen molar-refractivity contribution in [2.24, 2.45) is 5.92 Å². The molecule has 0 fully saturated rings. The average molecular weight is 445 g/mol. The quantitative estimate of drug-likeness (QED) is 0.675. The Balaban J connectivity index is 2.34. The van der Waals surface area contributed by atoms with Gasteiger partial charge in [-0.25, -0.2) is 0 Å². The van der Waals surface area contributed by atoms with Crippen molar-refractivity contribution in [2.75, 3.05) is 39.1 Å². The summed E-state index contributed by atoms with van der Waals surface area (Å²) in [6.45, 7) is 4.45. The molecule has 1 aromatic carbocycles. The Morgan fingerprint density at radius 1 is 1.39 bits per heavy atom. The van der Waals surface area contributed by atoms with Crippen molar-refractivity contribution in [3.8, 4) is 5.75 Å². The maximum Gasteiger partial charge on any atom is 0.389 e. The number of alkyl halides is 3. The summed E-state index contributed by atoms with van der Waals surface area (Å²) in [5, 5.41) is 12.0. The first kappa shape index (κ1) is 24.9. The first-order valence-corrected chi connectivity index (χ1v) is 10.1. The highest BCUT2D eigenvalue weighted by molar-refractivity contribution is 5.99. The molecule has 10 heteroatoms. The molecule has 2 N–H and O–H groups in total. The minimum Gasteiger partial charge on any atom is -0.488 e. The molecule has 0 aliphatic carbocycles. The zero-order valence-corrected chi connectivity index (χ0v) is 18.2. The molecule has 1 aliphatic heterocycles. The predicted octanol–water partition coefficient (Wildman–Crippen LogP) is 2.75. The van der Waals surface area contributed by atoms with Gasteiger partial charge in [-0.15, -0.1) is 0 Å². The molecule has 0 aromatic heterocycles. The van der Waals surface area contributed by atoms with Gasteiger partial charge in [0.25, 0.3) is 5.91 Å². The Hall–Kier alpha value is -2.33. The van der Waals surface area contributed by atoms with E-state index in [1.54, 1.807) is 11.8 Å².